The second-order valence-electron chi connectivity index (χ2n) is 5.25. The molecule has 0 saturated carbocycles. The number of carboxylic acids is 1. The molecule has 1 aromatic rings. The highest BCUT2D eigenvalue weighted by Gasteiger charge is 2.29. The molecule has 2 amide bonds. The maximum absolute atomic E-state index is 13.7. The molecule has 2 rings (SSSR count). The average molecular weight is 296 g/mol. The number of halogens is 1. The van der Waals surface area contributed by atoms with E-state index in [1.807, 2.05) is 6.92 Å². The summed E-state index contributed by atoms with van der Waals surface area (Å²) in [7, 11) is 0. The van der Waals surface area contributed by atoms with E-state index in [1.54, 1.807) is 0 Å². The maximum atomic E-state index is 13.7. The van der Waals surface area contributed by atoms with Crippen LogP contribution in [-0.2, 0) is 4.74 Å². The SMILES string of the molecule is CC1(NC(=O)Nc2ccc(C(=O)O)cc2F)CCOCC1. The number of hydrogen-bond acceptors (Lipinski definition) is 3. The summed E-state index contributed by atoms with van der Waals surface area (Å²) in [5.74, 6) is -2.01. The number of urea groups is 1. The largest absolute Gasteiger partial charge is 0.478 e. The fraction of sp³-hybridized carbons (Fsp3) is 0.429. The lowest BCUT2D eigenvalue weighted by Gasteiger charge is -2.34. The van der Waals surface area contributed by atoms with Crippen LogP contribution in [-0.4, -0.2) is 35.9 Å². The van der Waals surface area contributed by atoms with E-state index in [2.05, 4.69) is 10.6 Å². The van der Waals surface area contributed by atoms with E-state index in [-0.39, 0.29) is 16.8 Å². The number of carbonyl (C=O) groups is 2. The van der Waals surface area contributed by atoms with Gasteiger partial charge >= 0.3 is 12.0 Å². The Bertz CT molecular complexity index is 556. The number of amides is 2. The highest BCUT2D eigenvalue weighted by atomic mass is 19.1. The van der Waals surface area contributed by atoms with Gasteiger partial charge in [-0.05, 0) is 38.0 Å². The summed E-state index contributed by atoms with van der Waals surface area (Å²) >= 11 is 0. The van der Waals surface area contributed by atoms with Crippen molar-refractivity contribution in [1.82, 2.24) is 5.32 Å². The second kappa shape index (κ2) is 6.09. The van der Waals surface area contributed by atoms with Gasteiger partial charge in [-0.25, -0.2) is 14.0 Å². The molecule has 114 valence electrons. The Morgan fingerprint density at radius 2 is 2.00 bits per heavy atom. The van der Waals surface area contributed by atoms with Crippen molar-refractivity contribution in [2.45, 2.75) is 25.3 Å². The molecule has 6 nitrogen and oxygen atoms in total. The standard InChI is InChI=1S/C14H17FN2O4/c1-14(4-6-21-7-5-14)17-13(20)16-11-3-2-9(12(18)19)8-10(11)15/h2-3,8H,4-7H2,1H3,(H,18,19)(H2,16,17,20). The number of ether oxygens (including phenoxy) is 1. The zero-order valence-corrected chi connectivity index (χ0v) is 11.6. The van der Waals surface area contributed by atoms with Crippen molar-refractivity contribution in [3.8, 4) is 0 Å². The number of hydrogen-bond donors (Lipinski definition) is 3. The van der Waals surface area contributed by atoms with E-state index < -0.39 is 17.8 Å². The number of carboxylic acid groups (broad SMARTS) is 1. The highest BCUT2D eigenvalue weighted by molar-refractivity contribution is 5.92. The molecule has 0 radical (unpaired) electrons. The van der Waals surface area contributed by atoms with Gasteiger partial charge in [-0.15, -0.1) is 0 Å². The first-order valence-electron chi connectivity index (χ1n) is 6.59. The van der Waals surface area contributed by atoms with Crippen LogP contribution in [0.1, 0.15) is 30.1 Å². The van der Waals surface area contributed by atoms with Gasteiger partial charge in [-0.1, -0.05) is 0 Å². The van der Waals surface area contributed by atoms with Crippen LogP contribution in [0.5, 0.6) is 0 Å². The molecule has 0 aromatic heterocycles. The summed E-state index contributed by atoms with van der Waals surface area (Å²) in [6, 6.07) is 2.80. The first-order chi connectivity index (χ1) is 9.89. The van der Waals surface area contributed by atoms with Gasteiger partial charge in [0.2, 0.25) is 0 Å². The molecule has 0 unspecified atom stereocenters. The van der Waals surface area contributed by atoms with E-state index in [0.29, 0.717) is 26.1 Å². The highest BCUT2D eigenvalue weighted by Crippen LogP contribution is 2.21. The molecule has 7 heteroatoms. The lowest BCUT2D eigenvalue weighted by atomic mass is 9.93. The third kappa shape index (κ3) is 3.91. The number of aromatic carboxylic acids is 1. The quantitative estimate of drug-likeness (QED) is 0.798. The first-order valence-corrected chi connectivity index (χ1v) is 6.59. The van der Waals surface area contributed by atoms with Crippen molar-refractivity contribution in [3.05, 3.63) is 29.6 Å². The molecule has 0 atom stereocenters. The Kier molecular flexibility index (Phi) is 4.42. The third-order valence-electron chi connectivity index (χ3n) is 3.48. The van der Waals surface area contributed by atoms with Gasteiger partial charge in [-0.2, -0.15) is 0 Å². The van der Waals surface area contributed by atoms with E-state index in [4.69, 9.17) is 9.84 Å². The van der Waals surface area contributed by atoms with Crippen molar-refractivity contribution in [2.24, 2.45) is 0 Å². The van der Waals surface area contributed by atoms with Gasteiger partial charge in [0, 0.05) is 18.8 Å². The smallest absolute Gasteiger partial charge is 0.335 e. The topological polar surface area (TPSA) is 87.7 Å². The summed E-state index contributed by atoms with van der Waals surface area (Å²) < 4.78 is 19.0. The lowest BCUT2D eigenvalue weighted by molar-refractivity contribution is 0.0499. The van der Waals surface area contributed by atoms with Crippen LogP contribution >= 0.6 is 0 Å². The summed E-state index contributed by atoms with van der Waals surface area (Å²) in [5.41, 5.74) is -0.622. The van der Waals surface area contributed by atoms with E-state index in [9.17, 15) is 14.0 Å². The minimum atomic E-state index is -1.22. The Morgan fingerprint density at radius 1 is 1.33 bits per heavy atom. The summed E-state index contributed by atoms with van der Waals surface area (Å²) in [6.45, 7) is 3.04. The van der Waals surface area contributed by atoms with Crippen LogP contribution < -0.4 is 10.6 Å². The maximum Gasteiger partial charge on any atom is 0.335 e. The van der Waals surface area contributed by atoms with E-state index in [0.717, 1.165) is 6.07 Å². The molecular weight excluding hydrogens is 279 g/mol. The van der Waals surface area contributed by atoms with Crippen molar-refractivity contribution in [1.29, 1.82) is 0 Å². The minimum Gasteiger partial charge on any atom is -0.478 e. The third-order valence-corrected chi connectivity index (χ3v) is 3.48. The van der Waals surface area contributed by atoms with Crippen LogP contribution in [0.25, 0.3) is 0 Å². The Labute approximate surface area is 121 Å². The molecule has 1 heterocycles. The average Bonchev–Trinajstić information content (AvgIpc) is 2.41. The fourth-order valence-corrected chi connectivity index (χ4v) is 2.12. The monoisotopic (exact) mass is 296 g/mol. The van der Waals surface area contributed by atoms with Crippen LogP contribution in [0.15, 0.2) is 18.2 Å². The minimum absolute atomic E-state index is 0.0619. The zero-order chi connectivity index (χ0) is 15.5. The Balaban J connectivity index is 2.01. The molecule has 0 bridgehead atoms. The summed E-state index contributed by atoms with van der Waals surface area (Å²) in [4.78, 5) is 22.6. The number of benzene rings is 1. The predicted octanol–water partition coefficient (Wildman–Crippen LogP) is 2.21. The number of rotatable bonds is 3. The first kappa shape index (κ1) is 15.2. The predicted molar refractivity (Wildman–Crippen MR) is 74.0 cm³/mol. The Hall–Kier alpha value is -2.15. The molecule has 1 saturated heterocycles. The molecule has 0 aliphatic carbocycles. The fourth-order valence-electron chi connectivity index (χ4n) is 2.12. The second-order valence-corrected chi connectivity index (χ2v) is 5.25. The van der Waals surface area contributed by atoms with Gasteiger partial charge in [-0.3, -0.25) is 0 Å². The normalized spacial score (nSPS) is 17.0. The summed E-state index contributed by atoms with van der Waals surface area (Å²) in [5, 5.41) is 13.9. The number of carbonyl (C=O) groups excluding carboxylic acids is 1. The van der Waals surface area contributed by atoms with Gasteiger partial charge in [0.15, 0.2) is 0 Å². The molecule has 21 heavy (non-hydrogen) atoms. The number of nitrogens with one attached hydrogen (secondary N) is 2. The number of anilines is 1. The van der Waals surface area contributed by atoms with Gasteiger partial charge in [0.1, 0.15) is 5.82 Å². The van der Waals surface area contributed by atoms with Crippen LogP contribution in [0.4, 0.5) is 14.9 Å². The van der Waals surface area contributed by atoms with E-state index >= 15 is 0 Å². The molecular formula is C14H17FN2O4. The van der Waals surface area contributed by atoms with Crippen molar-refractivity contribution < 1.29 is 23.8 Å². The molecule has 1 fully saturated rings. The van der Waals surface area contributed by atoms with Crippen molar-refractivity contribution >= 4 is 17.7 Å². The van der Waals surface area contributed by atoms with Crippen LogP contribution in [0, 0.1) is 5.82 Å². The van der Waals surface area contributed by atoms with Crippen LogP contribution in [0.2, 0.25) is 0 Å². The van der Waals surface area contributed by atoms with E-state index in [1.165, 1.54) is 12.1 Å². The molecule has 3 N–H and O–H groups in total. The summed E-state index contributed by atoms with van der Waals surface area (Å²) in [6.07, 6.45) is 1.36. The molecule has 1 aromatic carbocycles. The Morgan fingerprint density at radius 3 is 2.57 bits per heavy atom. The van der Waals surface area contributed by atoms with Crippen molar-refractivity contribution in [2.75, 3.05) is 18.5 Å². The lowest BCUT2D eigenvalue weighted by Crippen LogP contribution is -2.51. The van der Waals surface area contributed by atoms with Crippen molar-refractivity contribution in [3.63, 3.8) is 0 Å². The molecule has 0 spiro atoms. The molecule has 1 aliphatic heterocycles. The van der Waals surface area contributed by atoms with Gasteiger partial charge < -0.3 is 20.5 Å². The van der Waals surface area contributed by atoms with Gasteiger partial charge in [0.05, 0.1) is 11.3 Å². The van der Waals surface area contributed by atoms with Gasteiger partial charge in [0.25, 0.3) is 0 Å². The molecule has 1 aliphatic rings. The zero-order valence-electron chi connectivity index (χ0n) is 11.6. The van der Waals surface area contributed by atoms with Crippen LogP contribution in [0.3, 0.4) is 0 Å².